The van der Waals surface area contributed by atoms with E-state index in [4.69, 9.17) is 32.7 Å². The van der Waals surface area contributed by atoms with Gasteiger partial charge in [0.2, 0.25) is 0 Å². The summed E-state index contributed by atoms with van der Waals surface area (Å²) in [5, 5.41) is 1.29. The van der Waals surface area contributed by atoms with Crippen LogP contribution in [0, 0.1) is 0 Å². The number of nitrogens with zero attached hydrogens (tertiary/aromatic N) is 3. The molecule has 30 heavy (non-hydrogen) atoms. The fourth-order valence-electron chi connectivity index (χ4n) is 3.38. The fourth-order valence-corrected chi connectivity index (χ4v) is 4.29. The van der Waals surface area contributed by atoms with E-state index in [2.05, 4.69) is 9.97 Å². The van der Waals surface area contributed by atoms with Crippen LogP contribution in [0.5, 0.6) is 11.5 Å². The Labute approximate surface area is 188 Å². The number of benzene rings is 2. The molecule has 1 aliphatic heterocycles. The molecule has 0 aliphatic carbocycles. The molecular weight excluding hydrogens is 445 g/mol. The van der Waals surface area contributed by atoms with Gasteiger partial charge in [-0.2, -0.15) is 0 Å². The van der Waals surface area contributed by atoms with Crippen LogP contribution in [0.15, 0.2) is 41.6 Å². The summed E-state index contributed by atoms with van der Waals surface area (Å²) in [6, 6.07) is 10.7. The normalized spacial score (nSPS) is 12.8. The quantitative estimate of drug-likeness (QED) is 0.376. The molecule has 1 amide bonds. The van der Waals surface area contributed by atoms with Gasteiger partial charge in [0.15, 0.2) is 5.16 Å². The van der Waals surface area contributed by atoms with Gasteiger partial charge >= 0.3 is 0 Å². The van der Waals surface area contributed by atoms with Crippen LogP contribution in [-0.2, 0) is 6.54 Å². The molecule has 0 bridgehead atoms. The highest BCUT2D eigenvalue weighted by Gasteiger charge is 2.35. The van der Waals surface area contributed by atoms with Crippen molar-refractivity contribution in [3.8, 4) is 22.8 Å². The van der Waals surface area contributed by atoms with E-state index in [9.17, 15) is 4.79 Å². The molecule has 0 N–H and O–H groups in total. The molecule has 0 radical (unpaired) electrons. The average molecular weight is 462 g/mol. The smallest absolute Gasteiger partial charge is 0.277 e. The van der Waals surface area contributed by atoms with Crippen LogP contribution in [0.25, 0.3) is 11.3 Å². The predicted molar refractivity (Wildman–Crippen MR) is 119 cm³/mol. The summed E-state index contributed by atoms with van der Waals surface area (Å²) >= 11 is 14.1. The number of hydrogen-bond donors (Lipinski definition) is 0. The lowest BCUT2D eigenvalue weighted by Gasteiger charge is -2.18. The van der Waals surface area contributed by atoms with Crippen LogP contribution in [0.4, 0.5) is 5.69 Å². The van der Waals surface area contributed by atoms with E-state index >= 15 is 0 Å². The number of amides is 1. The molecular formula is C21H17Cl2N3O3S. The number of carbonyl (C=O) groups is 1. The molecule has 0 unspecified atom stereocenters. The molecule has 0 atom stereocenters. The Bertz CT molecular complexity index is 1160. The molecule has 9 heteroatoms. The minimum atomic E-state index is -0.217. The van der Waals surface area contributed by atoms with E-state index in [1.165, 1.54) is 18.9 Å². The highest BCUT2D eigenvalue weighted by atomic mass is 35.5. The highest BCUT2D eigenvalue weighted by Crippen LogP contribution is 2.42. The standard InChI is InChI=1S/C21H17Cl2N3O3S/c1-28-16-7-5-4-6-15(16)26-10-12-18(24-21(30-3)25-19(12)20(26)27)11-8-17(29-2)14(23)9-13(11)22/h4-9H,10H2,1-3H3. The van der Waals surface area contributed by atoms with Crippen LogP contribution in [0.2, 0.25) is 10.0 Å². The molecule has 1 aromatic heterocycles. The zero-order valence-corrected chi connectivity index (χ0v) is 18.7. The maximum Gasteiger partial charge on any atom is 0.277 e. The first-order valence-corrected chi connectivity index (χ1v) is 10.9. The topological polar surface area (TPSA) is 64.6 Å². The molecule has 2 heterocycles. The summed E-state index contributed by atoms with van der Waals surface area (Å²) in [7, 11) is 3.10. The Kier molecular flexibility index (Phi) is 5.77. The molecule has 0 spiro atoms. The molecule has 0 fully saturated rings. The lowest BCUT2D eigenvalue weighted by atomic mass is 10.1. The van der Waals surface area contributed by atoms with Crippen molar-refractivity contribution in [1.82, 2.24) is 9.97 Å². The third-order valence-electron chi connectivity index (χ3n) is 4.81. The summed E-state index contributed by atoms with van der Waals surface area (Å²) in [6.45, 7) is 0.291. The first-order valence-electron chi connectivity index (χ1n) is 8.91. The minimum absolute atomic E-state index is 0.217. The average Bonchev–Trinajstić information content (AvgIpc) is 3.09. The number of ether oxygens (including phenoxy) is 2. The molecule has 1 aliphatic rings. The number of para-hydroxylation sites is 2. The summed E-state index contributed by atoms with van der Waals surface area (Å²) in [6.07, 6.45) is 1.85. The summed E-state index contributed by atoms with van der Waals surface area (Å²) < 4.78 is 10.8. The van der Waals surface area contributed by atoms with E-state index in [1.54, 1.807) is 24.1 Å². The van der Waals surface area contributed by atoms with Gasteiger partial charge in [-0.05, 0) is 30.5 Å². The number of fused-ring (bicyclic) bond motifs is 1. The van der Waals surface area contributed by atoms with Gasteiger partial charge in [-0.1, -0.05) is 47.1 Å². The van der Waals surface area contributed by atoms with Crippen LogP contribution < -0.4 is 14.4 Å². The van der Waals surface area contributed by atoms with Gasteiger partial charge in [0.05, 0.1) is 42.2 Å². The third kappa shape index (κ3) is 3.47. The number of aromatic nitrogens is 2. The first kappa shape index (κ1) is 20.8. The Morgan fingerprint density at radius 1 is 1.00 bits per heavy atom. The number of carbonyl (C=O) groups excluding carboxylic acids is 1. The van der Waals surface area contributed by atoms with Gasteiger partial charge in [-0.15, -0.1) is 0 Å². The van der Waals surface area contributed by atoms with Crippen molar-refractivity contribution in [1.29, 1.82) is 0 Å². The lowest BCUT2D eigenvalue weighted by Crippen LogP contribution is -2.24. The zero-order valence-electron chi connectivity index (χ0n) is 16.4. The maximum absolute atomic E-state index is 13.3. The van der Waals surface area contributed by atoms with E-state index in [0.29, 0.717) is 61.4 Å². The fraction of sp³-hybridized carbons (Fsp3) is 0.190. The van der Waals surface area contributed by atoms with Crippen molar-refractivity contribution in [3.63, 3.8) is 0 Å². The van der Waals surface area contributed by atoms with Crippen LogP contribution >= 0.6 is 35.0 Å². The van der Waals surface area contributed by atoms with Crippen molar-refractivity contribution in [2.45, 2.75) is 11.7 Å². The molecule has 0 saturated heterocycles. The number of methoxy groups -OCH3 is 2. The van der Waals surface area contributed by atoms with E-state index in [0.717, 1.165) is 0 Å². The van der Waals surface area contributed by atoms with Crippen LogP contribution in [0.3, 0.4) is 0 Å². The summed E-state index contributed by atoms with van der Waals surface area (Å²) in [5.41, 5.74) is 2.91. The van der Waals surface area contributed by atoms with Crippen LogP contribution in [0.1, 0.15) is 16.1 Å². The predicted octanol–water partition coefficient (Wildman–Crippen LogP) is 5.35. The maximum atomic E-state index is 13.3. The largest absolute Gasteiger partial charge is 0.495 e. The molecule has 2 aromatic carbocycles. The second-order valence-electron chi connectivity index (χ2n) is 6.42. The van der Waals surface area contributed by atoms with Crippen molar-refractivity contribution in [2.75, 3.05) is 25.4 Å². The molecule has 154 valence electrons. The van der Waals surface area contributed by atoms with Crippen molar-refractivity contribution in [3.05, 3.63) is 57.7 Å². The van der Waals surface area contributed by atoms with E-state index < -0.39 is 0 Å². The van der Waals surface area contributed by atoms with Gasteiger partial charge in [0.1, 0.15) is 17.2 Å². The Balaban J connectivity index is 1.90. The number of hydrogen-bond acceptors (Lipinski definition) is 6. The summed E-state index contributed by atoms with van der Waals surface area (Å²) in [5.74, 6) is 0.856. The first-order chi connectivity index (χ1) is 14.5. The van der Waals surface area contributed by atoms with Crippen LogP contribution in [-0.4, -0.2) is 36.4 Å². The Morgan fingerprint density at radius 2 is 1.70 bits per heavy atom. The monoisotopic (exact) mass is 461 g/mol. The summed E-state index contributed by atoms with van der Waals surface area (Å²) in [4.78, 5) is 24.0. The number of thioether (sulfide) groups is 1. The lowest BCUT2D eigenvalue weighted by molar-refractivity contribution is 0.0991. The Hall–Kier alpha value is -2.48. The van der Waals surface area contributed by atoms with E-state index in [-0.39, 0.29) is 5.91 Å². The number of rotatable bonds is 5. The highest BCUT2D eigenvalue weighted by molar-refractivity contribution is 7.98. The zero-order chi connectivity index (χ0) is 21.4. The number of halogens is 2. The van der Waals surface area contributed by atoms with Gasteiger partial charge in [-0.25, -0.2) is 9.97 Å². The van der Waals surface area contributed by atoms with Gasteiger partial charge in [0.25, 0.3) is 5.91 Å². The molecule has 3 aromatic rings. The Morgan fingerprint density at radius 3 is 2.40 bits per heavy atom. The second kappa shape index (κ2) is 8.34. The SMILES string of the molecule is COc1cc(-c2nc(SC)nc3c2CN(c2ccccc2OC)C3=O)c(Cl)cc1Cl. The second-order valence-corrected chi connectivity index (χ2v) is 8.00. The van der Waals surface area contributed by atoms with Crippen molar-refractivity contribution in [2.24, 2.45) is 0 Å². The minimum Gasteiger partial charge on any atom is -0.495 e. The number of anilines is 1. The van der Waals surface area contributed by atoms with Gasteiger partial charge in [-0.3, -0.25) is 9.69 Å². The molecule has 4 rings (SSSR count). The van der Waals surface area contributed by atoms with Crippen molar-refractivity contribution < 1.29 is 14.3 Å². The van der Waals surface area contributed by atoms with Crippen molar-refractivity contribution >= 4 is 46.6 Å². The van der Waals surface area contributed by atoms with Gasteiger partial charge in [0, 0.05) is 11.1 Å². The van der Waals surface area contributed by atoms with E-state index in [1.807, 2.05) is 30.5 Å². The third-order valence-corrected chi connectivity index (χ3v) is 5.96. The van der Waals surface area contributed by atoms with Gasteiger partial charge < -0.3 is 9.47 Å². The molecule has 6 nitrogen and oxygen atoms in total. The molecule has 0 saturated carbocycles.